The summed E-state index contributed by atoms with van der Waals surface area (Å²) in [6.45, 7) is 8.23. The Balaban J connectivity index is 2.07. The van der Waals surface area contributed by atoms with Crippen molar-refractivity contribution < 1.29 is 18.0 Å². The number of rotatable bonds is 9. The number of carbonyl (C=O) groups is 2. The molecule has 1 atom stereocenters. The number of nitrogens with one attached hydrogen (secondary N) is 1. The molecule has 40 heavy (non-hydrogen) atoms. The Kier molecular flexibility index (Phi) is 10.2. The first kappa shape index (κ1) is 31.7. The van der Waals surface area contributed by atoms with Gasteiger partial charge in [0.1, 0.15) is 12.6 Å². The first-order valence-corrected chi connectivity index (χ1v) is 15.1. The number of benzene rings is 3. The second kappa shape index (κ2) is 12.8. The standard InChI is InChI=1S/C29H32Cl3N3O4S/c1-19-10-14-23(15-11-19)40(38,39)35(26-9-7-6-8-24(26)31)18-27(36)34(20(2)28(37)33-29(3,4)5)17-21-12-13-22(30)16-25(21)32/h6-16,20H,17-18H2,1-5H3,(H,33,37)/t20-/m1/s1. The first-order valence-electron chi connectivity index (χ1n) is 12.5. The maximum Gasteiger partial charge on any atom is 0.264 e. The van der Waals surface area contributed by atoms with E-state index in [4.69, 9.17) is 34.8 Å². The molecular formula is C29H32Cl3N3O4S. The molecule has 0 unspecified atom stereocenters. The molecule has 11 heteroatoms. The van der Waals surface area contributed by atoms with Gasteiger partial charge in [0.2, 0.25) is 11.8 Å². The number of hydrogen-bond acceptors (Lipinski definition) is 4. The highest BCUT2D eigenvalue weighted by molar-refractivity contribution is 7.92. The second-order valence-corrected chi connectivity index (χ2v) is 13.6. The smallest absolute Gasteiger partial charge is 0.264 e. The van der Waals surface area contributed by atoms with Crippen molar-refractivity contribution in [2.24, 2.45) is 0 Å². The van der Waals surface area contributed by atoms with Crippen molar-refractivity contribution in [3.05, 3.63) is 92.9 Å². The van der Waals surface area contributed by atoms with Gasteiger partial charge >= 0.3 is 0 Å². The summed E-state index contributed by atoms with van der Waals surface area (Å²) in [5.41, 5.74) is 0.995. The van der Waals surface area contributed by atoms with Crippen LogP contribution in [0.15, 0.2) is 71.6 Å². The summed E-state index contributed by atoms with van der Waals surface area (Å²) in [5.74, 6) is -1.03. The lowest BCUT2D eigenvalue weighted by Gasteiger charge is -2.33. The molecule has 0 fully saturated rings. The molecule has 214 valence electrons. The van der Waals surface area contributed by atoms with Gasteiger partial charge < -0.3 is 10.2 Å². The van der Waals surface area contributed by atoms with E-state index in [0.29, 0.717) is 15.6 Å². The largest absolute Gasteiger partial charge is 0.350 e. The van der Waals surface area contributed by atoms with Crippen LogP contribution in [0.5, 0.6) is 0 Å². The van der Waals surface area contributed by atoms with Crippen LogP contribution in [0.1, 0.15) is 38.8 Å². The summed E-state index contributed by atoms with van der Waals surface area (Å²) in [6, 6.07) is 16.5. The Hall–Kier alpha value is -2.78. The minimum Gasteiger partial charge on any atom is -0.350 e. The Labute approximate surface area is 251 Å². The minimum absolute atomic E-state index is 0.00311. The maximum absolute atomic E-state index is 14.0. The predicted octanol–water partition coefficient (Wildman–Crippen LogP) is 6.48. The van der Waals surface area contributed by atoms with E-state index in [1.165, 1.54) is 23.1 Å². The summed E-state index contributed by atoms with van der Waals surface area (Å²) in [4.78, 5) is 28.5. The number of halogens is 3. The summed E-state index contributed by atoms with van der Waals surface area (Å²) in [5, 5.41) is 3.75. The van der Waals surface area contributed by atoms with Gasteiger partial charge in [-0.3, -0.25) is 13.9 Å². The average Bonchev–Trinajstić information content (AvgIpc) is 2.86. The molecule has 0 aliphatic heterocycles. The van der Waals surface area contributed by atoms with Crippen LogP contribution in [-0.4, -0.2) is 43.3 Å². The van der Waals surface area contributed by atoms with E-state index in [1.807, 2.05) is 27.7 Å². The monoisotopic (exact) mass is 623 g/mol. The van der Waals surface area contributed by atoms with E-state index < -0.39 is 40.0 Å². The van der Waals surface area contributed by atoms with E-state index in [2.05, 4.69) is 5.32 Å². The Morgan fingerprint density at radius 3 is 2.12 bits per heavy atom. The van der Waals surface area contributed by atoms with Gasteiger partial charge in [-0.2, -0.15) is 0 Å². The van der Waals surface area contributed by atoms with Crippen molar-refractivity contribution in [3.63, 3.8) is 0 Å². The number of sulfonamides is 1. The highest BCUT2D eigenvalue weighted by Crippen LogP contribution is 2.31. The topological polar surface area (TPSA) is 86.8 Å². The molecule has 3 aromatic carbocycles. The Morgan fingerprint density at radius 2 is 1.55 bits per heavy atom. The van der Waals surface area contributed by atoms with Crippen molar-refractivity contribution in [2.75, 3.05) is 10.8 Å². The third-order valence-electron chi connectivity index (χ3n) is 6.03. The third kappa shape index (κ3) is 7.91. The highest BCUT2D eigenvalue weighted by Gasteiger charge is 2.34. The molecule has 0 radical (unpaired) electrons. The van der Waals surface area contributed by atoms with E-state index >= 15 is 0 Å². The Bertz CT molecular complexity index is 1490. The van der Waals surface area contributed by atoms with Gasteiger partial charge in [0.25, 0.3) is 10.0 Å². The number of amides is 2. The second-order valence-electron chi connectivity index (χ2n) is 10.4. The zero-order chi connectivity index (χ0) is 29.8. The fourth-order valence-electron chi connectivity index (χ4n) is 3.89. The van der Waals surface area contributed by atoms with E-state index in [-0.39, 0.29) is 22.2 Å². The minimum atomic E-state index is -4.23. The molecule has 2 amide bonds. The maximum atomic E-state index is 14.0. The predicted molar refractivity (Wildman–Crippen MR) is 162 cm³/mol. The zero-order valence-corrected chi connectivity index (χ0v) is 26.0. The molecule has 1 N–H and O–H groups in total. The molecule has 0 spiro atoms. The summed E-state index contributed by atoms with van der Waals surface area (Å²) < 4.78 is 28.7. The highest BCUT2D eigenvalue weighted by atomic mass is 35.5. The van der Waals surface area contributed by atoms with Gasteiger partial charge in [0.15, 0.2) is 0 Å². The van der Waals surface area contributed by atoms with Crippen LogP contribution in [0.4, 0.5) is 5.69 Å². The van der Waals surface area contributed by atoms with Crippen molar-refractivity contribution >= 4 is 62.3 Å². The Morgan fingerprint density at radius 1 is 0.925 bits per heavy atom. The van der Waals surface area contributed by atoms with Crippen LogP contribution in [0.25, 0.3) is 0 Å². The normalized spacial score (nSPS) is 12.5. The molecule has 3 rings (SSSR count). The molecule has 0 bridgehead atoms. The van der Waals surface area contributed by atoms with Gasteiger partial charge in [-0.25, -0.2) is 8.42 Å². The van der Waals surface area contributed by atoms with Crippen LogP contribution in [0.3, 0.4) is 0 Å². The van der Waals surface area contributed by atoms with Gasteiger partial charge in [-0.05, 0) is 76.6 Å². The number of para-hydroxylation sites is 1. The molecule has 0 aliphatic carbocycles. The van der Waals surface area contributed by atoms with Crippen LogP contribution >= 0.6 is 34.8 Å². The molecule has 7 nitrogen and oxygen atoms in total. The number of carbonyl (C=O) groups excluding carboxylic acids is 2. The van der Waals surface area contributed by atoms with E-state index in [0.717, 1.165) is 9.87 Å². The molecule has 0 saturated carbocycles. The van der Waals surface area contributed by atoms with Gasteiger partial charge in [-0.1, -0.05) is 70.7 Å². The molecule has 0 aliphatic rings. The summed E-state index contributed by atoms with van der Waals surface area (Å²) in [7, 11) is -4.23. The first-order chi connectivity index (χ1) is 18.6. The van der Waals surface area contributed by atoms with Gasteiger partial charge in [0.05, 0.1) is 15.6 Å². The van der Waals surface area contributed by atoms with Crippen LogP contribution in [0, 0.1) is 6.92 Å². The lowest BCUT2D eigenvalue weighted by atomic mass is 10.1. The van der Waals surface area contributed by atoms with Crippen LogP contribution < -0.4 is 9.62 Å². The van der Waals surface area contributed by atoms with Crippen LogP contribution in [-0.2, 0) is 26.2 Å². The molecule has 3 aromatic rings. The lowest BCUT2D eigenvalue weighted by Crippen LogP contribution is -2.54. The molecular weight excluding hydrogens is 593 g/mol. The van der Waals surface area contributed by atoms with Gasteiger partial charge in [-0.15, -0.1) is 0 Å². The lowest BCUT2D eigenvalue weighted by molar-refractivity contribution is -0.140. The van der Waals surface area contributed by atoms with Crippen molar-refractivity contribution in [1.82, 2.24) is 10.2 Å². The SMILES string of the molecule is Cc1ccc(S(=O)(=O)N(CC(=O)N(Cc2ccc(Cl)cc2Cl)[C@H](C)C(=O)NC(C)(C)C)c2ccccc2Cl)cc1. The fourth-order valence-corrected chi connectivity index (χ4v) is 6.08. The van der Waals surface area contributed by atoms with Crippen molar-refractivity contribution in [3.8, 4) is 0 Å². The average molecular weight is 625 g/mol. The molecule has 0 aromatic heterocycles. The number of nitrogens with zero attached hydrogens (tertiary/aromatic N) is 2. The molecule has 0 heterocycles. The number of anilines is 1. The third-order valence-corrected chi connectivity index (χ3v) is 8.71. The zero-order valence-electron chi connectivity index (χ0n) is 22.9. The number of hydrogen-bond donors (Lipinski definition) is 1. The summed E-state index contributed by atoms with van der Waals surface area (Å²) in [6.07, 6.45) is 0. The van der Waals surface area contributed by atoms with E-state index in [9.17, 15) is 18.0 Å². The van der Waals surface area contributed by atoms with Gasteiger partial charge in [0, 0.05) is 22.1 Å². The quantitative estimate of drug-likeness (QED) is 0.295. The molecule has 0 saturated heterocycles. The van der Waals surface area contributed by atoms with Crippen molar-refractivity contribution in [1.29, 1.82) is 0 Å². The number of aryl methyl sites for hydroxylation is 1. The van der Waals surface area contributed by atoms with Crippen molar-refractivity contribution in [2.45, 2.75) is 57.6 Å². The van der Waals surface area contributed by atoms with E-state index in [1.54, 1.807) is 55.5 Å². The van der Waals surface area contributed by atoms with Crippen LogP contribution in [0.2, 0.25) is 15.1 Å². The fraction of sp³-hybridized carbons (Fsp3) is 0.310. The summed E-state index contributed by atoms with van der Waals surface area (Å²) >= 11 is 18.9.